The summed E-state index contributed by atoms with van der Waals surface area (Å²) in [4.78, 5) is 2.32. The van der Waals surface area contributed by atoms with E-state index in [0.717, 1.165) is 25.4 Å². The first-order valence-electron chi connectivity index (χ1n) is 7.46. The van der Waals surface area contributed by atoms with E-state index in [1.807, 2.05) is 6.07 Å². The number of aliphatic hydroxyl groups is 1. The number of benzene rings is 1. The number of aliphatic hydroxyl groups excluding tert-OH is 1. The zero-order valence-electron chi connectivity index (χ0n) is 11.9. The van der Waals surface area contributed by atoms with Crippen LogP contribution in [0, 0.1) is 0 Å². The van der Waals surface area contributed by atoms with Crippen LogP contribution in [-0.4, -0.2) is 42.4 Å². The predicted molar refractivity (Wildman–Crippen MR) is 82.9 cm³/mol. The molecule has 0 bridgehead atoms. The fourth-order valence-corrected chi connectivity index (χ4v) is 3.15. The van der Waals surface area contributed by atoms with Crippen molar-refractivity contribution in [2.24, 2.45) is 0 Å². The summed E-state index contributed by atoms with van der Waals surface area (Å²) in [6.45, 7) is 3.38. The maximum Gasteiger partial charge on any atom is 0.119 e. The minimum atomic E-state index is -0.383. The van der Waals surface area contributed by atoms with Crippen molar-refractivity contribution in [3.8, 4) is 5.75 Å². The summed E-state index contributed by atoms with van der Waals surface area (Å²) in [7, 11) is 0. The molecule has 0 radical (unpaired) electrons. The van der Waals surface area contributed by atoms with Crippen molar-refractivity contribution in [1.82, 2.24) is 4.90 Å². The van der Waals surface area contributed by atoms with Crippen LogP contribution < -0.4 is 4.74 Å². The van der Waals surface area contributed by atoms with Crippen LogP contribution >= 0.6 is 12.4 Å². The van der Waals surface area contributed by atoms with Gasteiger partial charge in [-0.05, 0) is 68.5 Å². The maximum absolute atomic E-state index is 10.00. The van der Waals surface area contributed by atoms with Crippen molar-refractivity contribution < 1.29 is 9.84 Å². The largest absolute Gasteiger partial charge is 0.491 e. The molecule has 1 N–H and O–H groups in total. The highest BCUT2D eigenvalue weighted by Crippen LogP contribution is 2.26. The lowest BCUT2D eigenvalue weighted by atomic mass is 10.1. The van der Waals surface area contributed by atoms with E-state index in [4.69, 9.17) is 4.74 Å². The summed E-state index contributed by atoms with van der Waals surface area (Å²) < 4.78 is 5.73. The lowest BCUT2D eigenvalue weighted by molar-refractivity contribution is 0.0758. The summed E-state index contributed by atoms with van der Waals surface area (Å²) in [6, 6.07) is 6.35. The first-order valence-corrected chi connectivity index (χ1v) is 7.46. The van der Waals surface area contributed by atoms with Crippen molar-refractivity contribution >= 4 is 12.4 Å². The smallest absolute Gasteiger partial charge is 0.119 e. The second-order valence-corrected chi connectivity index (χ2v) is 5.76. The van der Waals surface area contributed by atoms with Gasteiger partial charge in [-0.1, -0.05) is 6.07 Å². The van der Waals surface area contributed by atoms with Gasteiger partial charge in [-0.25, -0.2) is 0 Å². The van der Waals surface area contributed by atoms with Crippen LogP contribution in [0.15, 0.2) is 18.2 Å². The molecule has 1 atom stereocenters. The Balaban J connectivity index is 0.00000147. The van der Waals surface area contributed by atoms with E-state index in [0.29, 0.717) is 6.61 Å². The molecule has 0 amide bonds. The normalized spacial score (nSPS) is 19.4. The molecule has 112 valence electrons. The van der Waals surface area contributed by atoms with Crippen LogP contribution in [0.3, 0.4) is 0 Å². The minimum absolute atomic E-state index is 0. The quantitative estimate of drug-likeness (QED) is 0.906. The number of hydrogen-bond donors (Lipinski definition) is 1. The highest BCUT2D eigenvalue weighted by Gasteiger charge is 2.16. The maximum atomic E-state index is 10.00. The standard InChI is InChI=1S/C16H23NO2.ClH/c18-15(11-17-8-1-2-9-17)12-19-16-7-6-13-4-3-5-14(13)10-16;/h6-7,10,15,18H,1-5,8-9,11-12H2;1H. The summed E-state index contributed by atoms with van der Waals surface area (Å²) in [5.41, 5.74) is 2.89. The molecule has 1 fully saturated rings. The minimum Gasteiger partial charge on any atom is -0.491 e. The third-order valence-corrected chi connectivity index (χ3v) is 4.18. The Morgan fingerprint density at radius 1 is 1.10 bits per heavy atom. The monoisotopic (exact) mass is 297 g/mol. The zero-order valence-corrected chi connectivity index (χ0v) is 12.7. The van der Waals surface area contributed by atoms with Crippen LogP contribution in [-0.2, 0) is 12.8 Å². The Morgan fingerprint density at radius 2 is 1.85 bits per heavy atom. The SMILES string of the molecule is Cl.OC(COc1ccc2c(c1)CCC2)CN1CCCC1. The molecule has 0 spiro atoms. The van der Waals surface area contributed by atoms with Gasteiger partial charge in [-0.2, -0.15) is 0 Å². The fourth-order valence-electron chi connectivity index (χ4n) is 3.15. The van der Waals surface area contributed by atoms with Gasteiger partial charge in [-0.3, -0.25) is 0 Å². The number of hydrogen-bond acceptors (Lipinski definition) is 3. The van der Waals surface area contributed by atoms with Gasteiger partial charge in [0.15, 0.2) is 0 Å². The molecule has 1 aromatic carbocycles. The van der Waals surface area contributed by atoms with Gasteiger partial charge >= 0.3 is 0 Å². The predicted octanol–water partition coefficient (Wildman–Crippen LogP) is 2.43. The van der Waals surface area contributed by atoms with E-state index in [2.05, 4.69) is 17.0 Å². The van der Waals surface area contributed by atoms with Gasteiger partial charge in [0.25, 0.3) is 0 Å². The molecule has 1 aliphatic carbocycles. The first kappa shape index (κ1) is 15.6. The molecule has 1 aliphatic heterocycles. The summed E-state index contributed by atoms with van der Waals surface area (Å²) in [5, 5.41) is 10.00. The van der Waals surface area contributed by atoms with E-state index in [1.165, 1.54) is 43.2 Å². The van der Waals surface area contributed by atoms with Crippen LogP contribution in [0.5, 0.6) is 5.75 Å². The molecule has 1 heterocycles. The molecule has 1 aromatic rings. The van der Waals surface area contributed by atoms with E-state index in [-0.39, 0.29) is 18.5 Å². The number of likely N-dealkylation sites (tertiary alicyclic amines) is 1. The molecule has 0 aromatic heterocycles. The van der Waals surface area contributed by atoms with E-state index < -0.39 is 0 Å². The number of halogens is 1. The van der Waals surface area contributed by atoms with E-state index in [1.54, 1.807) is 0 Å². The Kier molecular flexibility index (Phi) is 5.70. The Morgan fingerprint density at radius 3 is 2.65 bits per heavy atom. The van der Waals surface area contributed by atoms with Crippen molar-refractivity contribution in [2.45, 2.75) is 38.2 Å². The third-order valence-electron chi connectivity index (χ3n) is 4.18. The number of rotatable bonds is 5. The molecular formula is C16H24ClNO2. The third kappa shape index (κ3) is 3.87. The lowest BCUT2D eigenvalue weighted by Gasteiger charge is -2.19. The first-order chi connectivity index (χ1) is 9.31. The van der Waals surface area contributed by atoms with Crippen molar-refractivity contribution in [3.05, 3.63) is 29.3 Å². The molecular weight excluding hydrogens is 274 g/mol. The molecule has 3 rings (SSSR count). The average molecular weight is 298 g/mol. The van der Waals surface area contributed by atoms with Crippen LogP contribution in [0.4, 0.5) is 0 Å². The molecule has 3 nitrogen and oxygen atoms in total. The average Bonchev–Trinajstić information content (AvgIpc) is 3.06. The topological polar surface area (TPSA) is 32.7 Å². The van der Waals surface area contributed by atoms with Gasteiger partial charge in [-0.15, -0.1) is 12.4 Å². The van der Waals surface area contributed by atoms with Crippen molar-refractivity contribution in [3.63, 3.8) is 0 Å². The van der Waals surface area contributed by atoms with Crippen molar-refractivity contribution in [2.75, 3.05) is 26.2 Å². The Hall–Kier alpha value is -0.770. The number of nitrogens with zero attached hydrogens (tertiary/aromatic N) is 1. The summed E-state index contributed by atoms with van der Waals surface area (Å²) in [5.74, 6) is 0.904. The number of aryl methyl sites for hydroxylation is 2. The zero-order chi connectivity index (χ0) is 13.1. The van der Waals surface area contributed by atoms with Gasteiger partial charge in [0.2, 0.25) is 0 Å². The van der Waals surface area contributed by atoms with Gasteiger partial charge in [0.05, 0.1) is 0 Å². The van der Waals surface area contributed by atoms with Crippen LogP contribution in [0.2, 0.25) is 0 Å². The van der Waals surface area contributed by atoms with E-state index >= 15 is 0 Å². The van der Waals surface area contributed by atoms with Gasteiger partial charge in [0.1, 0.15) is 18.5 Å². The fraction of sp³-hybridized carbons (Fsp3) is 0.625. The summed E-state index contributed by atoms with van der Waals surface area (Å²) >= 11 is 0. The molecule has 1 saturated heterocycles. The van der Waals surface area contributed by atoms with Crippen LogP contribution in [0.25, 0.3) is 0 Å². The van der Waals surface area contributed by atoms with Crippen LogP contribution in [0.1, 0.15) is 30.4 Å². The molecule has 0 saturated carbocycles. The molecule has 4 heteroatoms. The highest BCUT2D eigenvalue weighted by atomic mass is 35.5. The Labute approximate surface area is 127 Å². The second kappa shape index (κ2) is 7.30. The lowest BCUT2D eigenvalue weighted by Crippen LogP contribution is -2.33. The molecule has 1 unspecified atom stereocenters. The molecule has 2 aliphatic rings. The van der Waals surface area contributed by atoms with Gasteiger partial charge < -0.3 is 14.7 Å². The second-order valence-electron chi connectivity index (χ2n) is 5.76. The van der Waals surface area contributed by atoms with E-state index in [9.17, 15) is 5.11 Å². The number of fused-ring (bicyclic) bond motifs is 1. The Bertz CT molecular complexity index is 432. The van der Waals surface area contributed by atoms with Gasteiger partial charge in [0, 0.05) is 6.54 Å². The summed E-state index contributed by atoms with van der Waals surface area (Å²) in [6.07, 6.45) is 5.77. The molecule has 20 heavy (non-hydrogen) atoms. The van der Waals surface area contributed by atoms with Crippen molar-refractivity contribution in [1.29, 1.82) is 0 Å². The number of ether oxygens (including phenoxy) is 1. The number of β-amino-alcohol motifs (C(OH)–C–C–N with tert-alkyl or cyclic N) is 1. The highest BCUT2D eigenvalue weighted by molar-refractivity contribution is 5.85.